The van der Waals surface area contributed by atoms with Gasteiger partial charge in [-0.15, -0.1) is 0 Å². The van der Waals surface area contributed by atoms with Gasteiger partial charge in [-0.1, -0.05) is 33.9 Å². The third-order valence-corrected chi connectivity index (χ3v) is 5.62. The van der Waals surface area contributed by atoms with Gasteiger partial charge in [-0.3, -0.25) is 0 Å². The Balaban J connectivity index is 2.83. The summed E-state index contributed by atoms with van der Waals surface area (Å²) in [5, 5.41) is 2.10. The lowest BCUT2D eigenvalue weighted by atomic mass is 10.1. The molecular weight excluding hydrogens is 151 g/mol. The Kier molecular flexibility index (Phi) is 2.25. The summed E-state index contributed by atoms with van der Waals surface area (Å²) in [5.41, 5.74) is 1.47. The van der Waals surface area contributed by atoms with E-state index in [-0.39, 0.29) is 7.92 Å². The number of rotatable bonds is 1. The normalized spacial score (nSPS) is 29.4. The Hall–Kier alpha value is -0.0900. The molecule has 0 aromatic rings. The second-order valence-electron chi connectivity index (χ2n) is 3.71. The molecule has 0 bridgehead atoms. The third kappa shape index (κ3) is 1.42. The van der Waals surface area contributed by atoms with Crippen LogP contribution in [0.25, 0.3) is 0 Å². The largest absolute Gasteiger partial charge is 0.0841 e. The minimum absolute atomic E-state index is 0.123. The van der Waals surface area contributed by atoms with E-state index < -0.39 is 0 Å². The highest BCUT2D eigenvalue weighted by molar-refractivity contribution is 7.65. The van der Waals surface area contributed by atoms with E-state index in [1.807, 2.05) is 0 Å². The van der Waals surface area contributed by atoms with Crippen molar-refractivity contribution in [1.82, 2.24) is 0 Å². The minimum Gasteiger partial charge on any atom is -0.0841 e. The minimum atomic E-state index is 0.123. The maximum atomic E-state index is 2.41. The summed E-state index contributed by atoms with van der Waals surface area (Å²) in [7, 11) is 0.123. The summed E-state index contributed by atoms with van der Waals surface area (Å²) in [4.78, 5) is 0. The summed E-state index contributed by atoms with van der Waals surface area (Å²) in [6.45, 7) is 11.3. The molecule has 0 aromatic carbocycles. The van der Waals surface area contributed by atoms with Crippen molar-refractivity contribution in [3.63, 3.8) is 0 Å². The topological polar surface area (TPSA) is 0 Å². The zero-order valence-electron chi connectivity index (χ0n) is 8.10. The van der Waals surface area contributed by atoms with E-state index in [2.05, 4.69) is 46.5 Å². The molecule has 1 rings (SSSR count). The van der Waals surface area contributed by atoms with Crippen LogP contribution in [0, 0.1) is 0 Å². The van der Waals surface area contributed by atoms with Crippen LogP contribution in [0.4, 0.5) is 0 Å². The first-order chi connectivity index (χ1) is 4.99. The summed E-state index contributed by atoms with van der Waals surface area (Å²) in [6, 6.07) is 0. The zero-order chi connectivity index (χ0) is 8.65. The summed E-state index contributed by atoms with van der Waals surface area (Å²) in [6.07, 6.45) is 4.62. The van der Waals surface area contributed by atoms with Gasteiger partial charge in [-0.2, -0.15) is 0 Å². The van der Waals surface area contributed by atoms with Gasteiger partial charge < -0.3 is 0 Å². The molecule has 1 aliphatic rings. The molecule has 0 nitrogen and oxygen atoms in total. The highest BCUT2D eigenvalue weighted by atomic mass is 31.1. The van der Waals surface area contributed by atoms with Gasteiger partial charge >= 0.3 is 0 Å². The predicted octanol–water partition coefficient (Wildman–Crippen LogP) is 3.74. The van der Waals surface area contributed by atoms with E-state index in [9.17, 15) is 0 Å². The molecule has 0 aromatic heterocycles. The first-order valence-electron chi connectivity index (χ1n) is 4.09. The van der Waals surface area contributed by atoms with Crippen LogP contribution >= 0.6 is 7.92 Å². The monoisotopic (exact) mass is 168 g/mol. The predicted molar refractivity (Wildman–Crippen MR) is 54.4 cm³/mol. The lowest BCUT2D eigenvalue weighted by Gasteiger charge is -2.41. The average Bonchev–Trinajstić information content (AvgIpc) is 1.98. The second-order valence-corrected chi connectivity index (χ2v) is 6.47. The van der Waals surface area contributed by atoms with Gasteiger partial charge in [0.2, 0.25) is 0 Å². The van der Waals surface area contributed by atoms with Gasteiger partial charge in [0, 0.05) is 5.16 Å². The molecule has 0 N–H and O–H groups in total. The Morgan fingerprint density at radius 3 is 2.36 bits per heavy atom. The van der Waals surface area contributed by atoms with Crippen LogP contribution in [0.1, 0.15) is 27.7 Å². The Morgan fingerprint density at radius 1 is 1.55 bits per heavy atom. The van der Waals surface area contributed by atoms with E-state index in [1.54, 1.807) is 5.31 Å². The van der Waals surface area contributed by atoms with E-state index in [0.29, 0.717) is 5.16 Å². The fourth-order valence-corrected chi connectivity index (χ4v) is 3.21. The van der Waals surface area contributed by atoms with Crippen molar-refractivity contribution in [3.8, 4) is 0 Å². The van der Waals surface area contributed by atoms with Crippen molar-refractivity contribution in [1.29, 1.82) is 0 Å². The highest BCUT2D eigenvalue weighted by Gasteiger charge is 2.35. The molecule has 0 saturated heterocycles. The first-order valence-corrected chi connectivity index (χ1v) is 5.88. The molecule has 62 valence electrons. The molecule has 1 unspecified atom stereocenters. The lowest BCUT2D eigenvalue weighted by molar-refractivity contribution is 0.852. The standard InChI is InChI=1S/C10H17P/c1-6-8(2)9-7-10(3,4)11(9)5/h6-7H,1-5H3/b8-6+. The Labute approximate surface area is 71.1 Å². The van der Waals surface area contributed by atoms with Gasteiger partial charge in [0.15, 0.2) is 0 Å². The zero-order valence-corrected chi connectivity index (χ0v) is 9.00. The quantitative estimate of drug-likeness (QED) is 0.523. The average molecular weight is 168 g/mol. The van der Waals surface area contributed by atoms with Gasteiger partial charge in [0.25, 0.3) is 0 Å². The molecule has 1 heteroatoms. The smallest absolute Gasteiger partial charge is 0.00746 e. The van der Waals surface area contributed by atoms with Crippen molar-refractivity contribution in [3.05, 3.63) is 23.0 Å². The lowest BCUT2D eigenvalue weighted by Crippen LogP contribution is -2.23. The molecule has 0 saturated carbocycles. The summed E-state index contributed by atoms with van der Waals surface area (Å²) >= 11 is 0. The molecule has 0 amide bonds. The van der Waals surface area contributed by atoms with Crippen molar-refractivity contribution in [2.75, 3.05) is 6.66 Å². The molecular formula is C10H17P. The molecule has 0 spiro atoms. The summed E-state index contributed by atoms with van der Waals surface area (Å²) < 4.78 is 0. The highest BCUT2D eigenvalue weighted by Crippen LogP contribution is 2.64. The van der Waals surface area contributed by atoms with Crippen molar-refractivity contribution >= 4 is 7.92 Å². The van der Waals surface area contributed by atoms with Crippen molar-refractivity contribution in [2.24, 2.45) is 0 Å². The molecule has 1 atom stereocenters. The number of hydrogen-bond acceptors (Lipinski definition) is 0. The molecule has 1 aliphatic heterocycles. The SMILES string of the molecule is C/C=C(\C)C1=CC(C)(C)P1C. The van der Waals surface area contributed by atoms with Gasteiger partial charge in [0.1, 0.15) is 0 Å². The van der Waals surface area contributed by atoms with Crippen LogP contribution in [0.2, 0.25) is 0 Å². The Morgan fingerprint density at radius 2 is 2.09 bits per heavy atom. The van der Waals surface area contributed by atoms with E-state index in [4.69, 9.17) is 0 Å². The van der Waals surface area contributed by atoms with Crippen molar-refractivity contribution in [2.45, 2.75) is 32.9 Å². The van der Waals surface area contributed by atoms with Crippen LogP contribution in [0.5, 0.6) is 0 Å². The maximum Gasteiger partial charge on any atom is 0.00746 e. The first kappa shape index (κ1) is 9.00. The van der Waals surface area contributed by atoms with E-state index in [1.165, 1.54) is 5.57 Å². The Bertz CT molecular complexity index is 221. The van der Waals surface area contributed by atoms with Crippen LogP contribution in [0.15, 0.2) is 23.0 Å². The second kappa shape index (κ2) is 2.75. The maximum absolute atomic E-state index is 2.41. The molecule has 0 aliphatic carbocycles. The van der Waals surface area contributed by atoms with Gasteiger partial charge in [-0.05, 0) is 31.4 Å². The number of hydrogen-bond donors (Lipinski definition) is 0. The molecule has 0 fully saturated rings. The number of allylic oxidation sites excluding steroid dienone is 4. The van der Waals surface area contributed by atoms with Crippen molar-refractivity contribution < 1.29 is 0 Å². The van der Waals surface area contributed by atoms with Gasteiger partial charge in [-0.25, -0.2) is 0 Å². The van der Waals surface area contributed by atoms with Crippen LogP contribution in [-0.4, -0.2) is 11.8 Å². The van der Waals surface area contributed by atoms with Gasteiger partial charge in [0.05, 0.1) is 0 Å². The molecule has 1 heterocycles. The van der Waals surface area contributed by atoms with E-state index in [0.717, 1.165) is 0 Å². The van der Waals surface area contributed by atoms with Crippen LogP contribution in [0.3, 0.4) is 0 Å². The molecule has 11 heavy (non-hydrogen) atoms. The fraction of sp³-hybridized carbons (Fsp3) is 0.600. The fourth-order valence-electron chi connectivity index (χ4n) is 1.30. The molecule has 0 radical (unpaired) electrons. The van der Waals surface area contributed by atoms with E-state index >= 15 is 0 Å². The van der Waals surface area contributed by atoms with Crippen LogP contribution in [-0.2, 0) is 0 Å². The van der Waals surface area contributed by atoms with Crippen LogP contribution < -0.4 is 0 Å². The summed E-state index contributed by atoms with van der Waals surface area (Å²) in [5.74, 6) is 0. The third-order valence-electron chi connectivity index (χ3n) is 2.55.